The zero-order valence-corrected chi connectivity index (χ0v) is 17.4. The average molecular weight is 399 g/mol. The van der Waals surface area contributed by atoms with Crippen LogP contribution in [0.25, 0.3) is 11.3 Å². The first-order valence-corrected chi connectivity index (χ1v) is 10.7. The minimum absolute atomic E-state index is 0.144. The lowest BCUT2D eigenvalue weighted by atomic mass is 9.97. The molecule has 1 atom stereocenters. The summed E-state index contributed by atoms with van der Waals surface area (Å²) < 4.78 is 13.6. The van der Waals surface area contributed by atoms with Gasteiger partial charge >= 0.3 is 0 Å². The number of rotatable bonds is 6. The molecule has 1 aromatic carbocycles. The highest BCUT2D eigenvalue weighted by Crippen LogP contribution is 2.30. The molecule has 4 rings (SSSR count). The molecule has 1 aliphatic heterocycles. The van der Waals surface area contributed by atoms with Gasteiger partial charge in [-0.1, -0.05) is 68.0 Å². The average Bonchev–Trinajstić information content (AvgIpc) is 3.42. The largest absolute Gasteiger partial charge is 0.376 e. The van der Waals surface area contributed by atoms with Crippen LogP contribution in [0.1, 0.15) is 45.3 Å². The second-order valence-electron chi connectivity index (χ2n) is 8.09. The van der Waals surface area contributed by atoms with Crippen molar-refractivity contribution < 1.29 is 9.26 Å². The van der Waals surface area contributed by atoms with Gasteiger partial charge in [-0.3, -0.25) is 0 Å². The third-order valence-electron chi connectivity index (χ3n) is 4.74. The standard InChI is InChI=1S/C21H26N4O2S/c1-21(2,3)19-23-18(24-27-19)14-28-20-22-12-17(15-8-5-4-6-9-15)25(20)13-16-10-7-11-26-16/h4-6,8-9,12,16H,7,10-11,13-14H2,1-3H3/t16-/m1/s1. The van der Waals surface area contributed by atoms with Gasteiger partial charge in [0.1, 0.15) is 0 Å². The molecular weight excluding hydrogens is 372 g/mol. The maximum Gasteiger partial charge on any atom is 0.232 e. The molecule has 1 fully saturated rings. The molecule has 0 aliphatic carbocycles. The molecule has 1 aliphatic rings. The summed E-state index contributed by atoms with van der Waals surface area (Å²) in [7, 11) is 0. The molecule has 3 aromatic rings. The second kappa shape index (κ2) is 8.09. The van der Waals surface area contributed by atoms with Gasteiger partial charge in [0.15, 0.2) is 11.0 Å². The minimum atomic E-state index is -0.144. The number of nitrogens with zero attached hydrogens (tertiary/aromatic N) is 4. The van der Waals surface area contributed by atoms with E-state index in [1.165, 1.54) is 0 Å². The van der Waals surface area contributed by atoms with Crippen LogP contribution in [0, 0.1) is 0 Å². The molecule has 1 saturated heterocycles. The number of aromatic nitrogens is 4. The molecule has 148 valence electrons. The summed E-state index contributed by atoms with van der Waals surface area (Å²) >= 11 is 1.63. The maximum absolute atomic E-state index is 5.88. The Morgan fingerprint density at radius 2 is 2.04 bits per heavy atom. The Kier molecular flexibility index (Phi) is 5.55. The van der Waals surface area contributed by atoms with Crippen molar-refractivity contribution in [2.45, 2.75) is 62.6 Å². The van der Waals surface area contributed by atoms with Gasteiger partial charge < -0.3 is 13.8 Å². The van der Waals surface area contributed by atoms with E-state index >= 15 is 0 Å². The Hall–Kier alpha value is -2.12. The Morgan fingerprint density at radius 3 is 2.71 bits per heavy atom. The first kappa shape index (κ1) is 19.2. The molecule has 3 heterocycles. The number of benzene rings is 1. The van der Waals surface area contributed by atoms with Gasteiger partial charge in [-0.05, 0) is 18.4 Å². The lowest BCUT2D eigenvalue weighted by molar-refractivity contribution is 0.0954. The van der Waals surface area contributed by atoms with Gasteiger partial charge in [0.2, 0.25) is 5.89 Å². The van der Waals surface area contributed by atoms with E-state index < -0.39 is 0 Å². The van der Waals surface area contributed by atoms with Gasteiger partial charge in [0, 0.05) is 12.0 Å². The van der Waals surface area contributed by atoms with Crippen LogP contribution in [0.2, 0.25) is 0 Å². The van der Waals surface area contributed by atoms with Crippen molar-refractivity contribution in [3.63, 3.8) is 0 Å². The van der Waals surface area contributed by atoms with Gasteiger partial charge in [-0.25, -0.2) is 4.98 Å². The monoisotopic (exact) mass is 398 g/mol. The van der Waals surface area contributed by atoms with Crippen LogP contribution >= 0.6 is 11.8 Å². The molecule has 0 amide bonds. The van der Waals surface area contributed by atoms with Crippen LogP contribution in [0.4, 0.5) is 0 Å². The highest BCUT2D eigenvalue weighted by atomic mass is 32.2. The second-order valence-corrected chi connectivity index (χ2v) is 9.03. The van der Waals surface area contributed by atoms with Crippen LogP contribution in [0.3, 0.4) is 0 Å². The summed E-state index contributed by atoms with van der Waals surface area (Å²) in [6.45, 7) is 7.86. The molecule has 0 radical (unpaired) electrons. The van der Waals surface area contributed by atoms with E-state index in [0.29, 0.717) is 17.5 Å². The third kappa shape index (κ3) is 4.31. The lowest BCUT2D eigenvalue weighted by Crippen LogP contribution is -2.16. The highest BCUT2D eigenvalue weighted by Gasteiger charge is 2.23. The number of hydrogen-bond donors (Lipinski definition) is 0. The predicted molar refractivity (Wildman–Crippen MR) is 109 cm³/mol. The molecule has 7 heteroatoms. The van der Waals surface area contributed by atoms with Crippen molar-refractivity contribution in [1.82, 2.24) is 19.7 Å². The summed E-state index contributed by atoms with van der Waals surface area (Å²) in [5, 5.41) is 5.08. The molecule has 0 spiro atoms. The number of imidazole rings is 1. The molecule has 28 heavy (non-hydrogen) atoms. The fourth-order valence-electron chi connectivity index (χ4n) is 3.23. The van der Waals surface area contributed by atoms with E-state index in [4.69, 9.17) is 9.26 Å². The van der Waals surface area contributed by atoms with Crippen molar-refractivity contribution >= 4 is 11.8 Å². The van der Waals surface area contributed by atoms with Gasteiger partial charge in [-0.2, -0.15) is 4.98 Å². The topological polar surface area (TPSA) is 66.0 Å². The van der Waals surface area contributed by atoms with Gasteiger partial charge in [0.05, 0.1) is 30.3 Å². The Bertz CT molecular complexity index is 908. The first-order chi connectivity index (χ1) is 13.5. The molecule has 0 N–H and O–H groups in total. The van der Waals surface area contributed by atoms with E-state index in [2.05, 4.69) is 64.7 Å². The fourth-order valence-corrected chi connectivity index (χ4v) is 4.06. The van der Waals surface area contributed by atoms with E-state index in [0.717, 1.165) is 42.4 Å². The Balaban J connectivity index is 1.55. The summed E-state index contributed by atoms with van der Waals surface area (Å²) in [5.74, 6) is 1.98. The van der Waals surface area contributed by atoms with E-state index in [9.17, 15) is 0 Å². The van der Waals surface area contributed by atoms with Crippen LogP contribution in [0.15, 0.2) is 46.2 Å². The zero-order chi connectivity index (χ0) is 19.6. The summed E-state index contributed by atoms with van der Waals surface area (Å²) in [6.07, 6.45) is 4.41. The van der Waals surface area contributed by atoms with E-state index in [-0.39, 0.29) is 11.5 Å². The number of hydrogen-bond acceptors (Lipinski definition) is 6. The molecule has 2 aromatic heterocycles. The number of ether oxygens (including phenoxy) is 1. The normalized spacial score (nSPS) is 17.3. The van der Waals surface area contributed by atoms with Crippen LogP contribution in [-0.2, 0) is 22.4 Å². The van der Waals surface area contributed by atoms with E-state index in [1.54, 1.807) is 11.8 Å². The summed E-state index contributed by atoms with van der Waals surface area (Å²) in [4.78, 5) is 9.22. The van der Waals surface area contributed by atoms with Gasteiger partial charge in [0.25, 0.3) is 0 Å². The maximum atomic E-state index is 5.88. The highest BCUT2D eigenvalue weighted by molar-refractivity contribution is 7.98. The number of thioether (sulfide) groups is 1. The summed E-state index contributed by atoms with van der Waals surface area (Å²) in [5.41, 5.74) is 2.13. The Labute approximate surface area is 169 Å². The van der Waals surface area contributed by atoms with Gasteiger partial charge in [-0.15, -0.1) is 0 Å². The SMILES string of the molecule is CC(C)(C)c1nc(CSc2ncc(-c3ccccc3)n2C[C@H]2CCCO2)no1. The molecule has 0 bridgehead atoms. The molecular formula is C21H26N4O2S. The van der Waals surface area contributed by atoms with Crippen molar-refractivity contribution in [2.75, 3.05) is 6.61 Å². The smallest absolute Gasteiger partial charge is 0.232 e. The third-order valence-corrected chi connectivity index (χ3v) is 5.73. The summed E-state index contributed by atoms with van der Waals surface area (Å²) in [6, 6.07) is 10.4. The van der Waals surface area contributed by atoms with E-state index in [1.807, 2.05) is 12.3 Å². The molecule has 0 saturated carbocycles. The van der Waals surface area contributed by atoms with Crippen molar-refractivity contribution in [3.05, 3.63) is 48.2 Å². The van der Waals surface area contributed by atoms with Crippen molar-refractivity contribution in [2.24, 2.45) is 0 Å². The zero-order valence-electron chi connectivity index (χ0n) is 16.6. The first-order valence-electron chi connectivity index (χ1n) is 9.69. The van der Waals surface area contributed by atoms with Crippen LogP contribution in [-0.4, -0.2) is 32.4 Å². The van der Waals surface area contributed by atoms with Crippen molar-refractivity contribution in [1.29, 1.82) is 0 Å². The molecule has 6 nitrogen and oxygen atoms in total. The van der Waals surface area contributed by atoms with Crippen LogP contribution < -0.4 is 0 Å². The quantitative estimate of drug-likeness (QED) is 0.561. The minimum Gasteiger partial charge on any atom is -0.376 e. The van der Waals surface area contributed by atoms with Crippen LogP contribution in [0.5, 0.6) is 0 Å². The Morgan fingerprint density at radius 1 is 1.21 bits per heavy atom. The molecule has 0 unspecified atom stereocenters. The lowest BCUT2D eigenvalue weighted by Gasteiger charge is -2.16. The predicted octanol–water partition coefficient (Wildman–Crippen LogP) is 4.70. The van der Waals surface area contributed by atoms with Crippen molar-refractivity contribution in [3.8, 4) is 11.3 Å². The fraction of sp³-hybridized carbons (Fsp3) is 0.476.